The lowest BCUT2D eigenvalue weighted by molar-refractivity contribution is 0.137. The maximum Gasteiger partial charge on any atom is 0.0742 e. The second kappa shape index (κ2) is 5.16. The Morgan fingerprint density at radius 1 is 1.38 bits per heavy atom. The predicted molar refractivity (Wildman–Crippen MR) is 73.1 cm³/mol. The van der Waals surface area contributed by atoms with Gasteiger partial charge in [-0.15, -0.1) is 0 Å². The van der Waals surface area contributed by atoms with Crippen molar-refractivity contribution in [2.24, 2.45) is 22.2 Å². The van der Waals surface area contributed by atoms with Gasteiger partial charge >= 0.3 is 0 Å². The van der Waals surface area contributed by atoms with Gasteiger partial charge in [0.25, 0.3) is 0 Å². The lowest BCUT2D eigenvalue weighted by atomic mass is 9.67. The molecule has 0 saturated carbocycles. The minimum absolute atomic E-state index is 0.317. The van der Waals surface area contributed by atoms with Crippen molar-refractivity contribution >= 4 is 5.71 Å². The zero-order valence-electron chi connectivity index (χ0n) is 11.7. The van der Waals surface area contributed by atoms with Crippen LogP contribution < -0.4 is 0 Å². The van der Waals surface area contributed by atoms with Crippen molar-refractivity contribution in [2.75, 3.05) is 0 Å². The van der Waals surface area contributed by atoms with Gasteiger partial charge in [-0.1, -0.05) is 47.1 Å². The molecule has 0 saturated heterocycles. The maximum atomic E-state index is 4.79. The van der Waals surface area contributed by atoms with Crippen LogP contribution in [0.1, 0.15) is 54.4 Å². The minimum Gasteiger partial charge on any atom is -0.282 e. The highest BCUT2D eigenvalue weighted by Crippen LogP contribution is 2.42. The fraction of sp³-hybridized carbons (Fsp3) is 0.800. The van der Waals surface area contributed by atoms with Gasteiger partial charge in [0.2, 0.25) is 0 Å². The number of nitrogens with zero attached hydrogens (tertiary/aromatic N) is 1. The van der Waals surface area contributed by atoms with E-state index in [1.165, 1.54) is 18.6 Å². The summed E-state index contributed by atoms with van der Waals surface area (Å²) >= 11 is 0. The van der Waals surface area contributed by atoms with E-state index in [1.807, 2.05) is 0 Å². The van der Waals surface area contributed by atoms with Crippen molar-refractivity contribution in [1.82, 2.24) is 0 Å². The van der Waals surface area contributed by atoms with Crippen molar-refractivity contribution in [2.45, 2.75) is 60.4 Å². The monoisotopic (exact) mass is 221 g/mol. The van der Waals surface area contributed by atoms with Gasteiger partial charge in [-0.25, -0.2) is 0 Å². The molecule has 3 unspecified atom stereocenters. The molecule has 0 bridgehead atoms. The van der Waals surface area contributed by atoms with Gasteiger partial charge in [0.15, 0.2) is 0 Å². The van der Waals surface area contributed by atoms with E-state index in [0.29, 0.717) is 11.5 Å². The summed E-state index contributed by atoms with van der Waals surface area (Å²) in [5.74, 6) is 1.46. The molecule has 16 heavy (non-hydrogen) atoms. The van der Waals surface area contributed by atoms with Gasteiger partial charge in [0.1, 0.15) is 0 Å². The maximum absolute atomic E-state index is 4.79. The first-order valence-corrected chi connectivity index (χ1v) is 6.62. The first kappa shape index (κ1) is 13.5. The third-order valence-corrected chi connectivity index (χ3v) is 4.12. The molecule has 0 aliphatic carbocycles. The molecular formula is C15H27N. The van der Waals surface area contributed by atoms with E-state index in [9.17, 15) is 0 Å². The van der Waals surface area contributed by atoms with Gasteiger partial charge in [-0.3, -0.25) is 4.99 Å². The van der Waals surface area contributed by atoms with E-state index in [-0.39, 0.29) is 0 Å². The Balaban J connectivity index is 2.91. The van der Waals surface area contributed by atoms with Gasteiger partial charge < -0.3 is 0 Å². The second-order valence-electron chi connectivity index (χ2n) is 5.99. The Hall–Kier alpha value is -0.590. The summed E-state index contributed by atoms with van der Waals surface area (Å²) < 4.78 is 0. The average molecular weight is 221 g/mol. The summed E-state index contributed by atoms with van der Waals surface area (Å²) in [7, 11) is 0. The molecule has 0 N–H and O–H groups in total. The van der Waals surface area contributed by atoms with Crippen molar-refractivity contribution in [1.29, 1.82) is 0 Å². The van der Waals surface area contributed by atoms with Gasteiger partial charge in [0.05, 0.1) is 6.04 Å². The van der Waals surface area contributed by atoms with E-state index in [1.54, 1.807) is 0 Å². The molecule has 1 heterocycles. The van der Waals surface area contributed by atoms with Gasteiger partial charge in [-0.05, 0) is 36.7 Å². The number of allylic oxidation sites excluding steroid dienone is 1. The van der Waals surface area contributed by atoms with Crippen LogP contribution in [0.2, 0.25) is 0 Å². The first-order chi connectivity index (χ1) is 7.40. The molecule has 0 aromatic carbocycles. The molecule has 92 valence electrons. The highest BCUT2D eigenvalue weighted by atomic mass is 14.8. The fourth-order valence-electron chi connectivity index (χ4n) is 2.86. The van der Waals surface area contributed by atoms with Crippen LogP contribution in [0.15, 0.2) is 17.1 Å². The van der Waals surface area contributed by atoms with Gasteiger partial charge in [0, 0.05) is 5.71 Å². The summed E-state index contributed by atoms with van der Waals surface area (Å²) in [6, 6.07) is 0.393. The zero-order chi connectivity index (χ0) is 12.3. The smallest absolute Gasteiger partial charge is 0.0742 e. The highest BCUT2D eigenvalue weighted by Gasteiger charge is 2.38. The second-order valence-corrected chi connectivity index (χ2v) is 5.99. The molecule has 1 rings (SSSR count). The third kappa shape index (κ3) is 2.75. The number of rotatable bonds is 5. The van der Waals surface area contributed by atoms with E-state index in [0.717, 1.165) is 11.8 Å². The van der Waals surface area contributed by atoms with Crippen LogP contribution in [0.3, 0.4) is 0 Å². The molecule has 0 radical (unpaired) electrons. The van der Waals surface area contributed by atoms with Crippen molar-refractivity contribution in [3.63, 3.8) is 0 Å². The Bertz CT molecular complexity index is 288. The summed E-state index contributed by atoms with van der Waals surface area (Å²) in [5.41, 5.74) is 1.50. The third-order valence-electron chi connectivity index (χ3n) is 4.12. The summed E-state index contributed by atoms with van der Waals surface area (Å²) in [6.07, 6.45) is 6.96. The topological polar surface area (TPSA) is 12.4 Å². The Morgan fingerprint density at radius 3 is 2.38 bits per heavy atom. The summed E-state index contributed by atoms with van der Waals surface area (Å²) in [5, 5.41) is 0. The normalized spacial score (nSPS) is 25.7. The number of hydrogen-bond acceptors (Lipinski definition) is 1. The highest BCUT2D eigenvalue weighted by molar-refractivity contribution is 5.94. The molecule has 0 amide bonds. The van der Waals surface area contributed by atoms with Crippen LogP contribution in [-0.2, 0) is 0 Å². The predicted octanol–water partition coefficient (Wildman–Crippen LogP) is 4.48. The minimum atomic E-state index is 0.317. The molecule has 1 aliphatic heterocycles. The fourth-order valence-corrected chi connectivity index (χ4v) is 2.86. The first-order valence-electron chi connectivity index (χ1n) is 6.62. The lowest BCUT2D eigenvalue weighted by Gasteiger charge is -2.40. The molecular weight excluding hydrogens is 194 g/mol. The van der Waals surface area contributed by atoms with Crippen LogP contribution in [0.5, 0.6) is 0 Å². The van der Waals surface area contributed by atoms with Crippen LogP contribution in [0.25, 0.3) is 0 Å². The van der Waals surface area contributed by atoms with Crippen molar-refractivity contribution < 1.29 is 0 Å². The standard InChI is InChI=1S/C15H27N/c1-7-12(4)15(6,10-11(2)3)14-9-8-13(5)16-14/h8-9,11-12,14H,7,10H2,1-6H3. The SMILES string of the molecule is CCC(C)C(C)(CC(C)C)C1C=CC(C)=N1. The van der Waals surface area contributed by atoms with Crippen molar-refractivity contribution in [3.8, 4) is 0 Å². The van der Waals surface area contributed by atoms with Gasteiger partial charge in [-0.2, -0.15) is 0 Å². The van der Waals surface area contributed by atoms with Crippen LogP contribution >= 0.6 is 0 Å². The van der Waals surface area contributed by atoms with Crippen LogP contribution in [0.4, 0.5) is 0 Å². The molecule has 0 spiro atoms. The molecule has 1 nitrogen and oxygen atoms in total. The number of hydrogen-bond donors (Lipinski definition) is 0. The van der Waals surface area contributed by atoms with E-state index in [2.05, 4.69) is 53.7 Å². The van der Waals surface area contributed by atoms with Crippen molar-refractivity contribution in [3.05, 3.63) is 12.2 Å². The van der Waals surface area contributed by atoms with E-state index >= 15 is 0 Å². The van der Waals surface area contributed by atoms with Crippen LogP contribution in [0, 0.1) is 17.3 Å². The summed E-state index contributed by atoms with van der Waals surface area (Å²) in [6.45, 7) is 13.8. The lowest BCUT2D eigenvalue weighted by Crippen LogP contribution is -2.36. The average Bonchev–Trinajstić information content (AvgIpc) is 2.62. The summed E-state index contributed by atoms with van der Waals surface area (Å²) in [4.78, 5) is 4.79. The van der Waals surface area contributed by atoms with Crippen LogP contribution in [-0.4, -0.2) is 11.8 Å². The molecule has 1 heteroatoms. The number of aliphatic imine (C=N–C) groups is 1. The Kier molecular flexibility index (Phi) is 4.35. The largest absolute Gasteiger partial charge is 0.282 e. The molecule has 0 aromatic rings. The zero-order valence-corrected chi connectivity index (χ0v) is 11.7. The Morgan fingerprint density at radius 2 is 2.00 bits per heavy atom. The molecule has 1 aliphatic rings. The van der Waals surface area contributed by atoms with E-state index in [4.69, 9.17) is 4.99 Å². The quantitative estimate of drug-likeness (QED) is 0.649. The van der Waals surface area contributed by atoms with E-state index < -0.39 is 0 Å². The molecule has 0 fully saturated rings. The molecule has 3 atom stereocenters. The Labute approximate surface area is 101 Å². The molecule has 0 aromatic heterocycles.